The third-order valence-electron chi connectivity index (χ3n) is 3.71. The van der Waals surface area contributed by atoms with E-state index in [9.17, 15) is 0 Å². The fraction of sp³-hybridized carbons (Fsp3) is 0.385. The molecule has 0 bridgehead atoms. The van der Waals surface area contributed by atoms with E-state index in [0.29, 0.717) is 0 Å². The third-order valence-corrected chi connectivity index (χ3v) is 3.71. The van der Waals surface area contributed by atoms with Crippen molar-refractivity contribution in [1.29, 1.82) is 0 Å². The van der Waals surface area contributed by atoms with Crippen molar-refractivity contribution in [3.63, 3.8) is 0 Å². The van der Waals surface area contributed by atoms with E-state index in [1.807, 2.05) is 23.7 Å². The Morgan fingerprint density at radius 2 is 2.17 bits per heavy atom. The van der Waals surface area contributed by atoms with E-state index in [2.05, 4.69) is 28.1 Å². The van der Waals surface area contributed by atoms with Gasteiger partial charge in [-0.15, -0.1) is 10.2 Å². The van der Waals surface area contributed by atoms with Crippen molar-refractivity contribution in [3.05, 3.63) is 41.5 Å². The average molecular weight is 243 g/mol. The maximum Gasteiger partial charge on any atom is 0.149 e. The molecule has 0 saturated heterocycles. The summed E-state index contributed by atoms with van der Waals surface area (Å²) >= 11 is 0. The number of fused-ring (bicyclic) bond motifs is 1. The fourth-order valence-electron chi connectivity index (χ4n) is 2.58. The maximum atomic E-state index is 6.02. The van der Waals surface area contributed by atoms with E-state index >= 15 is 0 Å². The molecule has 0 saturated carbocycles. The molecule has 2 N–H and O–H groups in total. The fourth-order valence-corrected chi connectivity index (χ4v) is 2.58. The largest absolute Gasteiger partial charge is 0.398 e. The van der Waals surface area contributed by atoms with Gasteiger partial charge in [-0.2, -0.15) is 0 Å². The predicted molar refractivity (Wildman–Crippen MR) is 69.5 cm³/mol. The monoisotopic (exact) mass is 243 g/mol. The van der Waals surface area contributed by atoms with Crippen LogP contribution in [0.5, 0.6) is 0 Å². The van der Waals surface area contributed by atoms with E-state index in [1.54, 1.807) is 6.33 Å². The van der Waals surface area contributed by atoms with E-state index in [0.717, 1.165) is 24.6 Å². The lowest BCUT2D eigenvalue weighted by atomic mass is 10.1. The first-order valence-electron chi connectivity index (χ1n) is 6.11. The lowest BCUT2D eigenvalue weighted by Gasteiger charge is -2.22. The Morgan fingerprint density at radius 3 is 2.83 bits per heavy atom. The van der Waals surface area contributed by atoms with Crippen molar-refractivity contribution >= 4 is 5.69 Å². The third kappa shape index (κ3) is 1.67. The smallest absolute Gasteiger partial charge is 0.149 e. The number of nitrogen functional groups attached to an aromatic ring is 1. The molecule has 5 heteroatoms. The van der Waals surface area contributed by atoms with Crippen molar-refractivity contribution in [1.82, 2.24) is 19.7 Å². The Labute approximate surface area is 106 Å². The summed E-state index contributed by atoms with van der Waals surface area (Å²) in [6, 6.07) is 6.37. The summed E-state index contributed by atoms with van der Waals surface area (Å²) in [6.45, 7) is 3.97. The first kappa shape index (κ1) is 11.2. The molecule has 0 radical (unpaired) electrons. The second-order valence-corrected chi connectivity index (χ2v) is 4.87. The van der Waals surface area contributed by atoms with Crippen LogP contribution in [-0.2, 0) is 20.1 Å². The molecule has 2 aromatic rings. The normalized spacial score (nSPS) is 16.8. The molecule has 1 aromatic carbocycles. The molecule has 94 valence electrons. The number of nitrogens with two attached hydrogens (primary N) is 1. The quantitative estimate of drug-likeness (QED) is 0.811. The van der Waals surface area contributed by atoms with Gasteiger partial charge in [0, 0.05) is 25.8 Å². The molecule has 0 amide bonds. The molecular weight excluding hydrogens is 226 g/mol. The Hall–Kier alpha value is -1.88. The number of hydrogen-bond donors (Lipinski definition) is 1. The molecule has 1 atom stereocenters. The van der Waals surface area contributed by atoms with Gasteiger partial charge in [0.2, 0.25) is 0 Å². The summed E-state index contributed by atoms with van der Waals surface area (Å²) < 4.78 is 1.97. The van der Waals surface area contributed by atoms with E-state index in [-0.39, 0.29) is 6.04 Å². The lowest BCUT2D eigenvalue weighted by molar-refractivity contribution is 0.204. The van der Waals surface area contributed by atoms with Gasteiger partial charge in [0.15, 0.2) is 0 Å². The molecule has 3 rings (SSSR count). The van der Waals surface area contributed by atoms with Crippen LogP contribution in [0, 0.1) is 0 Å². The maximum absolute atomic E-state index is 6.02. The van der Waals surface area contributed by atoms with Gasteiger partial charge < -0.3 is 10.3 Å². The van der Waals surface area contributed by atoms with Gasteiger partial charge in [-0.05, 0) is 24.1 Å². The molecule has 2 heterocycles. The van der Waals surface area contributed by atoms with Crippen molar-refractivity contribution in [2.45, 2.75) is 26.1 Å². The van der Waals surface area contributed by atoms with Gasteiger partial charge >= 0.3 is 0 Å². The highest BCUT2D eigenvalue weighted by atomic mass is 15.3. The summed E-state index contributed by atoms with van der Waals surface area (Å²) in [7, 11) is 1.98. The highest BCUT2D eigenvalue weighted by Gasteiger charge is 2.27. The van der Waals surface area contributed by atoms with Crippen LogP contribution in [0.4, 0.5) is 5.69 Å². The van der Waals surface area contributed by atoms with E-state index < -0.39 is 0 Å². The Kier molecular flexibility index (Phi) is 2.56. The number of rotatable bonds is 2. The first-order chi connectivity index (χ1) is 8.66. The van der Waals surface area contributed by atoms with Crippen molar-refractivity contribution in [3.8, 4) is 0 Å². The van der Waals surface area contributed by atoms with E-state index in [1.165, 1.54) is 11.1 Å². The second kappa shape index (κ2) is 4.10. The number of nitrogens with zero attached hydrogens (tertiary/aromatic N) is 4. The minimum absolute atomic E-state index is 0.240. The van der Waals surface area contributed by atoms with Gasteiger partial charge in [0.25, 0.3) is 0 Å². The topological polar surface area (TPSA) is 60.0 Å². The van der Waals surface area contributed by atoms with Gasteiger partial charge in [-0.25, -0.2) is 0 Å². The van der Waals surface area contributed by atoms with Gasteiger partial charge in [0.05, 0.1) is 6.04 Å². The average Bonchev–Trinajstić information content (AvgIpc) is 2.95. The summed E-state index contributed by atoms with van der Waals surface area (Å²) in [6.07, 6.45) is 1.74. The molecule has 0 aliphatic carbocycles. The molecule has 0 fully saturated rings. The molecule has 0 spiro atoms. The highest BCUT2D eigenvalue weighted by Crippen LogP contribution is 2.32. The molecule has 1 aromatic heterocycles. The van der Waals surface area contributed by atoms with Crippen LogP contribution in [0.1, 0.15) is 29.9 Å². The van der Waals surface area contributed by atoms with Crippen LogP contribution < -0.4 is 5.73 Å². The second-order valence-electron chi connectivity index (χ2n) is 4.87. The summed E-state index contributed by atoms with van der Waals surface area (Å²) in [5.41, 5.74) is 9.49. The molecule has 5 nitrogen and oxygen atoms in total. The zero-order chi connectivity index (χ0) is 12.7. The zero-order valence-corrected chi connectivity index (χ0v) is 10.7. The summed E-state index contributed by atoms with van der Waals surface area (Å²) in [5, 5.41) is 8.13. The molecule has 1 unspecified atom stereocenters. The minimum Gasteiger partial charge on any atom is -0.398 e. The van der Waals surface area contributed by atoms with Crippen LogP contribution in [0.2, 0.25) is 0 Å². The Balaban J connectivity index is 1.86. The van der Waals surface area contributed by atoms with Crippen LogP contribution in [0.3, 0.4) is 0 Å². The van der Waals surface area contributed by atoms with Gasteiger partial charge in [0.1, 0.15) is 12.2 Å². The van der Waals surface area contributed by atoms with Crippen LogP contribution >= 0.6 is 0 Å². The lowest BCUT2D eigenvalue weighted by Crippen LogP contribution is -2.23. The van der Waals surface area contributed by atoms with E-state index in [4.69, 9.17) is 5.73 Å². The van der Waals surface area contributed by atoms with Gasteiger partial charge in [-0.3, -0.25) is 4.90 Å². The number of hydrogen-bond acceptors (Lipinski definition) is 4. The molecule has 18 heavy (non-hydrogen) atoms. The molecule has 1 aliphatic heterocycles. The highest BCUT2D eigenvalue weighted by molar-refractivity contribution is 5.52. The number of anilines is 1. The van der Waals surface area contributed by atoms with Crippen LogP contribution in [-0.4, -0.2) is 19.7 Å². The summed E-state index contributed by atoms with van der Waals surface area (Å²) in [4.78, 5) is 2.37. The molecular formula is C13H17N5. The number of aromatic nitrogens is 3. The SMILES string of the molecule is CC(c1nncn1C)N1Cc2cccc(N)c2C1. The predicted octanol–water partition coefficient (Wildman–Crippen LogP) is 1.47. The van der Waals surface area contributed by atoms with Crippen molar-refractivity contribution in [2.24, 2.45) is 7.05 Å². The summed E-state index contributed by atoms with van der Waals surface area (Å²) in [5.74, 6) is 0.987. The van der Waals surface area contributed by atoms with Crippen molar-refractivity contribution in [2.75, 3.05) is 5.73 Å². The Bertz CT molecular complexity index is 575. The number of aryl methyl sites for hydroxylation is 1. The van der Waals surface area contributed by atoms with Crippen molar-refractivity contribution < 1.29 is 0 Å². The molecule has 1 aliphatic rings. The standard InChI is InChI=1S/C13H17N5/c1-9(13-16-15-8-17(13)2)18-6-10-4-3-5-12(14)11(10)7-18/h3-5,8-9H,6-7,14H2,1-2H3. The van der Waals surface area contributed by atoms with Crippen LogP contribution in [0.25, 0.3) is 0 Å². The van der Waals surface area contributed by atoms with Gasteiger partial charge in [-0.1, -0.05) is 12.1 Å². The van der Waals surface area contributed by atoms with Crippen LogP contribution in [0.15, 0.2) is 24.5 Å². The first-order valence-corrected chi connectivity index (χ1v) is 6.11. The number of benzene rings is 1. The Morgan fingerprint density at radius 1 is 1.33 bits per heavy atom. The zero-order valence-electron chi connectivity index (χ0n) is 10.7. The minimum atomic E-state index is 0.240.